The van der Waals surface area contributed by atoms with Crippen LogP contribution in [0.4, 0.5) is 10.1 Å². The largest absolute Gasteiger partial charge is 0.356 e. The number of nitrogens with one attached hydrogen (secondary N) is 2. The molecule has 0 radical (unpaired) electrons. The lowest BCUT2D eigenvalue weighted by atomic mass is 9.89. The summed E-state index contributed by atoms with van der Waals surface area (Å²) in [6.07, 6.45) is 2.92. The van der Waals surface area contributed by atoms with Crippen molar-refractivity contribution >= 4 is 17.5 Å². The van der Waals surface area contributed by atoms with Crippen molar-refractivity contribution in [1.82, 2.24) is 5.32 Å². The summed E-state index contributed by atoms with van der Waals surface area (Å²) in [5, 5.41) is 5.52. The molecule has 0 aliphatic carbocycles. The maximum absolute atomic E-state index is 13.3. The molecule has 1 atom stereocenters. The van der Waals surface area contributed by atoms with Crippen LogP contribution in [0.25, 0.3) is 0 Å². The van der Waals surface area contributed by atoms with E-state index in [9.17, 15) is 14.0 Å². The van der Waals surface area contributed by atoms with Gasteiger partial charge in [-0.05, 0) is 42.5 Å². The molecule has 1 heterocycles. The standard InChI is InChI=1S/C20H21FN2O2/c21-15-9-10-16-17(13-19(24)23-18(16)12-15)20(25)22-11-5-4-8-14-6-2-1-3-7-14/h1-3,6-7,9-10,12,17H,4-5,8,11,13H2,(H,22,25)(H,23,24)/t17-/m1/s1. The van der Waals surface area contributed by atoms with Gasteiger partial charge >= 0.3 is 0 Å². The lowest BCUT2D eigenvalue weighted by Gasteiger charge is -2.24. The topological polar surface area (TPSA) is 58.2 Å². The number of hydrogen-bond donors (Lipinski definition) is 2. The fraction of sp³-hybridized carbons (Fsp3) is 0.300. The molecule has 25 heavy (non-hydrogen) atoms. The van der Waals surface area contributed by atoms with Crippen molar-refractivity contribution in [3.8, 4) is 0 Å². The van der Waals surface area contributed by atoms with Crippen LogP contribution < -0.4 is 10.6 Å². The van der Waals surface area contributed by atoms with Crippen LogP contribution in [-0.4, -0.2) is 18.4 Å². The number of halogens is 1. The van der Waals surface area contributed by atoms with Crippen LogP contribution in [0.2, 0.25) is 0 Å². The maximum Gasteiger partial charge on any atom is 0.228 e. The summed E-state index contributed by atoms with van der Waals surface area (Å²) in [7, 11) is 0. The van der Waals surface area contributed by atoms with Crippen molar-refractivity contribution < 1.29 is 14.0 Å². The highest BCUT2D eigenvalue weighted by molar-refractivity contribution is 6.01. The van der Waals surface area contributed by atoms with Crippen LogP contribution in [-0.2, 0) is 16.0 Å². The Hall–Kier alpha value is -2.69. The molecule has 3 rings (SSSR count). The Balaban J connectivity index is 1.51. The predicted molar refractivity (Wildman–Crippen MR) is 94.8 cm³/mol. The van der Waals surface area contributed by atoms with E-state index >= 15 is 0 Å². The van der Waals surface area contributed by atoms with Crippen LogP contribution >= 0.6 is 0 Å². The molecule has 0 saturated heterocycles. The monoisotopic (exact) mass is 340 g/mol. The van der Waals surface area contributed by atoms with Crippen LogP contribution in [0.3, 0.4) is 0 Å². The van der Waals surface area contributed by atoms with Crippen molar-refractivity contribution in [3.63, 3.8) is 0 Å². The third kappa shape index (κ3) is 4.44. The van der Waals surface area contributed by atoms with Crippen molar-refractivity contribution in [2.75, 3.05) is 11.9 Å². The Morgan fingerprint density at radius 3 is 2.76 bits per heavy atom. The Morgan fingerprint density at radius 2 is 1.96 bits per heavy atom. The van der Waals surface area contributed by atoms with E-state index in [1.165, 1.54) is 17.7 Å². The van der Waals surface area contributed by atoms with Gasteiger partial charge in [-0.2, -0.15) is 0 Å². The van der Waals surface area contributed by atoms with Gasteiger partial charge in [-0.25, -0.2) is 4.39 Å². The Kier molecular flexibility index (Phi) is 5.43. The molecule has 0 unspecified atom stereocenters. The lowest BCUT2D eigenvalue weighted by Crippen LogP contribution is -2.35. The third-order valence-electron chi connectivity index (χ3n) is 4.41. The number of benzene rings is 2. The number of carbonyl (C=O) groups is 2. The van der Waals surface area contributed by atoms with E-state index in [0.29, 0.717) is 17.8 Å². The number of carbonyl (C=O) groups excluding carboxylic acids is 2. The van der Waals surface area contributed by atoms with Crippen molar-refractivity contribution in [1.29, 1.82) is 0 Å². The molecule has 4 nitrogen and oxygen atoms in total. The molecule has 1 aliphatic heterocycles. The number of rotatable bonds is 6. The molecule has 1 aliphatic rings. The van der Waals surface area contributed by atoms with E-state index in [-0.39, 0.29) is 18.2 Å². The lowest BCUT2D eigenvalue weighted by molar-refractivity contribution is -0.126. The summed E-state index contributed by atoms with van der Waals surface area (Å²) >= 11 is 0. The van der Waals surface area contributed by atoms with Crippen LogP contribution in [0.15, 0.2) is 48.5 Å². The molecule has 0 bridgehead atoms. The van der Waals surface area contributed by atoms with Gasteiger partial charge in [0.25, 0.3) is 0 Å². The van der Waals surface area contributed by atoms with E-state index in [1.54, 1.807) is 6.07 Å². The molecule has 2 amide bonds. The minimum Gasteiger partial charge on any atom is -0.356 e. The smallest absolute Gasteiger partial charge is 0.228 e. The molecule has 2 N–H and O–H groups in total. The number of anilines is 1. The summed E-state index contributed by atoms with van der Waals surface area (Å²) in [5.74, 6) is -1.43. The molecule has 5 heteroatoms. The third-order valence-corrected chi connectivity index (χ3v) is 4.41. The van der Waals surface area contributed by atoms with E-state index in [0.717, 1.165) is 19.3 Å². The fourth-order valence-corrected chi connectivity index (χ4v) is 3.10. The number of unbranched alkanes of at least 4 members (excludes halogenated alkanes) is 1. The Bertz CT molecular complexity index is 762. The van der Waals surface area contributed by atoms with Gasteiger partial charge in [0, 0.05) is 18.7 Å². The zero-order valence-electron chi connectivity index (χ0n) is 13.9. The summed E-state index contributed by atoms with van der Waals surface area (Å²) < 4.78 is 13.3. The average molecular weight is 340 g/mol. The second kappa shape index (κ2) is 7.92. The summed E-state index contributed by atoms with van der Waals surface area (Å²) in [6.45, 7) is 0.570. The van der Waals surface area contributed by atoms with Gasteiger partial charge in [-0.15, -0.1) is 0 Å². The first-order chi connectivity index (χ1) is 12.1. The highest BCUT2D eigenvalue weighted by Gasteiger charge is 2.30. The van der Waals surface area contributed by atoms with Gasteiger partial charge < -0.3 is 10.6 Å². The SMILES string of the molecule is O=C1C[C@@H](C(=O)NCCCCc2ccccc2)c2ccc(F)cc2N1. The molecule has 0 saturated carbocycles. The van der Waals surface area contributed by atoms with Crippen molar-refractivity contribution in [2.45, 2.75) is 31.6 Å². The van der Waals surface area contributed by atoms with Crippen molar-refractivity contribution in [3.05, 3.63) is 65.5 Å². The quantitative estimate of drug-likeness (QED) is 0.792. The van der Waals surface area contributed by atoms with E-state index in [4.69, 9.17) is 0 Å². The van der Waals surface area contributed by atoms with Gasteiger partial charge in [0.1, 0.15) is 5.82 Å². The average Bonchev–Trinajstić information content (AvgIpc) is 2.61. The zero-order chi connectivity index (χ0) is 17.6. The van der Waals surface area contributed by atoms with Crippen LogP contribution in [0, 0.1) is 5.82 Å². The van der Waals surface area contributed by atoms with Crippen LogP contribution in [0.5, 0.6) is 0 Å². The first kappa shape index (κ1) is 17.1. The molecular weight excluding hydrogens is 319 g/mol. The first-order valence-corrected chi connectivity index (χ1v) is 8.54. The maximum atomic E-state index is 13.3. The number of aryl methyl sites for hydroxylation is 1. The molecule has 2 aromatic rings. The molecule has 2 aromatic carbocycles. The van der Waals surface area contributed by atoms with Crippen LogP contribution in [0.1, 0.15) is 36.3 Å². The molecular formula is C20H21FN2O2. The molecule has 0 aromatic heterocycles. The second-order valence-corrected chi connectivity index (χ2v) is 6.27. The van der Waals surface area contributed by atoms with Crippen molar-refractivity contribution in [2.24, 2.45) is 0 Å². The minimum absolute atomic E-state index is 0.0917. The minimum atomic E-state index is -0.557. The summed E-state index contributed by atoms with van der Waals surface area (Å²) in [4.78, 5) is 24.2. The fourth-order valence-electron chi connectivity index (χ4n) is 3.10. The van der Waals surface area contributed by atoms with Gasteiger partial charge in [0.05, 0.1) is 5.92 Å². The number of fused-ring (bicyclic) bond motifs is 1. The molecule has 0 fully saturated rings. The zero-order valence-corrected chi connectivity index (χ0v) is 13.9. The Morgan fingerprint density at radius 1 is 1.16 bits per heavy atom. The first-order valence-electron chi connectivity index (χ1n) is 8.54. The highest BCUT2D eigenvalue weighted by Crippen LogP contribution is 2.32. The highest BCUT2D eigenvalue weighted by atomic mass is 19.1. The van der Waals surface area contributed by atoms with Gasteiger partial charge in [-0.3, -0.25) is 9.59 Å². The Labute approximate surface area is 146 Å². The second-order valence-electron chi connectivity index (χ2n) is 6.27. The summed E-state index contributed by atoms with van der Waals surface area (Å²) in [5.41, 5.74) is 2.34. The van der Waals surface area contributed by atoms with Gasteiger partial charge in [0.2, 0.25) is 11.8 Å². The normalized spacial score (nSPS) is 16.0. The summed E-state index contributed by atoms with van der Waals surface area (Å²) in [6, 6.07) is 14.4. The predicted octanol–water partition coefficient (Wildman–Crippen LogP) is 3.39. The molecule has 130 valence electrons. The van der Waals surface area contributed by atoms with E-state index in [1.807, 2.05) is 18.2 Å². The number of hydrogen-bond acceptors (Lipinski definition) is 2. The van der Waals surface area contributed by atoms with E-state index < -0.39 is 11.7 Å². The van der Waals surface area contributed by atoms with Gasteiger partial charge in [0.15, 0.2) is 0 Å². The van der Waals surface area contributed by atoms with Gasteiger partial charge in [-0.1, -0.05) is 36.4 Å². The number of amides is 2. The van der Waals surface area contributed by atoms with E-state index in [2.05, 4.69) is 22.8 Å². The molecule has 0 spiro atoms.